The number of aliphatic carboxylic acids is 1. The van der Waals surface area contributed by atoms with Crippen LogP contribution in [0.25, 0.3) is 0 Å². The Bertz CT molecular complexity index is 319. The van der Waals surface area contributed by atoms with Crippen LogP contribution in [0.15, 0.2) is 0 Å². The van der Waals surface area contributed by atoms with E-state index in [4.69, 9.17) is 21.2 Å². The van der Waals surface area contributed by atoms with E-state index in [1.165, 1.54) is 0 Å². The molecule has 0 amide bonds. The van der Waals surface area contributed by atoms with Gasteiger partial charge in [-0.1, -0.05) is 0 Å². The first-order valence-corrected chi connectivity index (χ1v) is 7.72. The fraction of sp³-hybridized carbons (Fsp3) is 0.833. The summed E-state index contributed by atoms with van der Waals surface area (Å²) < 4.78 is 31.1. The Balaban J connectivity index is 0. The van der Waals surface area contributed by atoms with E-state index in [9.17, 15) is 14.7 Å². The summed E-state index contributed by atoms with van der Waals surface area (Å²) in [6.45, 7) is 8.20. The molecule has 0 aliphatic carbocycles. The zero-order chi connectivity index (χ0) is 17.1. The van der Waals surface area contributed by atoms with Crippen LogP contribution in [0.1, 0.15) is 34.6 Å². The van der Waals surface area contributed by atoms with Crippen LogP contribution in [0.3, 0.4) is 0 Å². The van der Waals surface area contributed by atoms with Gasteiger partial charge in [-0.15, -0.1) is 0 Å². The quantitative estimate of drug-likeness (QED) is 0.354. The molecule has 0 aromatic heterocycles. The average Bonchev–Trinajstić information content (AvgIpc) is 2.34. The summed E-state index contributed by atoms with van der Waals surface area (Å²) in [5.74, 6) is -4.51. The molecule has 0 bridgehead atoms. The van der Waals surface area contributed by atoms with Crippen LogP contribution in [-0.2, 0) is 46.6 Å². The van der Waals surface area contributed by atoms with E-state index in [0.29, 0.717) is 6.61 Å². The topological polar surface area (TPSA) is 119 Å². The van der Waals surface area contributed by atoms with Gasteiger partial charge in [-0.05, 0) is 34.6 Å². The Hall–Kier alpha value is -0.506. The van der Waals surface area contributed by atoms with E-state index >= 15 is 0 Å². The van der Waals surface area contributed by atoms with Crippen LogP contribution in [0.4, 0.5) is 0 Å². The second kappa shape index (κ2) is 12.1. The van der Waals surface area contributed by atoms with Crippen LogP contribution >= 0.6 is 0 Å². The minimum atomic E-state index is -2.29. The third-order valence-corrected chi connectivity index (χ3v) is 1.89. The molecule has 2 N–H and O–H groups in total. The zero-order valence-electron chi connectivity index (χ0n) is 12.9. The van der Waals surface area contributed by atoms with Crippen molar-refractivity contribution >= 4 is 11.8 Å². The summed E-state index contributed by atoms with van der Waals surface area (Å²) in [4.78, 5) is 23.4. The third-order valence-electron chi connectivity index (χ3n) is 1.89. The predicted octanol–water partition coefficient (Wildman–Crippen LogP) is 0.545. The van der Waals surface area contributed by atoms with Gasteiger partial charge in [-0.3, -0.25) is 4.79 Å². The van der Waals surface area contributed by atoms with Crippen molar-refractivity contribution < 1.29 is 55.4 Å². The summed E-state index contributed by atoms with van der Waals surface area (Å²) >= 11 is -1.75. The van der Waals surface area contributed by atoms with Gasteiger partial charge in [0.25, 0.3) is 0 Å². The first kappa shape index (κ1) is 22.8. The van der Waals surface area contributed by atoms with E-state index in [1.807, 2.05) is 0 Å². The molecular formula is C12H23O8Ti. The standard InChI is InChI=1S/C12H22O6.H2O.O.Ti/c1-6-16-7-10(13)12(11(14)15,17-8(2)3)18-9(4)5;;;/h8-9H,6-7H2,1-5H3,(H,14,15);1H2;;/q;;;+1/p-1. The summed E-state index contributed by atoms with van der Waals surface area (Å²) in [6, 6.07) is 0. The van der Waals surface area contributed by atoms with Crippen LogP contribution in [-0.4, -0.2) is 51.8 Å². The molecule has 8 nitrogen and oxygen atoms in total. The van der Waals surface area contributed by atoms with Gasteiger partial charge in [-0.25, -0.2) is 4.79 Å². The number of ether oxygens (including phenoxy) is 3. The molecule has 0 aromatic rings. The van der Waals surface area contributed by atoms with Crippen LogP contribution < -0.4 is 0 Å². The van der Waals surface area contributed by atoms with Crippen molar-refractivity contribution in [2.45, 2.75) is 52.6 Å². The molecular weight excluding hydrogens is 320 g/mol. The van der Waals surface area contributed by atoms with E-state index in [1.54, 1.807) is 34.6 Å². The van der Waals surface area contributed by atoms with Crippen molar-refractivity contribution in [2.24, 2.45) is 0 Å². The molecule has 0 rings (SSSR count). The second-order valence-electron chi connectivity index (χ2n) is 4.41. The Morgan fingerprint density at radius 3 is 1.76 bits per heavy atom. The Morgan fingerprint density at radius 1 is 1.14 bits per heavy atom. The Kier molecular flexibility index (Phi) is 13.1. The molecule has 0 radical (unpaired) electrons. The van der Waals surface area contributed by atoms with E-state index in [2.05, 4.69) is 0 Å². The van der Waals surface area contributed by atoms with Gasteiger partial charge in [-0.2, -0.15) is 0 Å². The van der Waals surface area contributed by atoms with Crippen molar-refractivity contribution in [2.75, 3.05) is 13.2 Å². The molecule has 123 valence electrons. The van der Waals surface area contributed by atoms with Crippen molar-refractivity contribution in [1.82, 2.24) is 0 Å². The summed E-state index contributed by atoms with van der Waals surface area (Å²) in [5, 5.41) is 9.26. The number of hydrogen-bond donors (Lipinski definition) is 2. The summed E-state index contributed by atoms with van der Waals surface area (Å²) in [7, 11) is 0. The SMILES string of the molecule is CCOCC(=O)C(OC(C)C)(OC(C)C)C(=O)O.[O]=[Ti][OH]. The van der Waals surface area contributed by atoms with Crippen molar-refractivity contribution in [3.8, 4) is 0 Å². The molecule has 9 heteroatoms. The van der Waals surface area contributed by atoms with E-state index in [0.717, 1.165) is 0 Å². The number of carbonyl (C=O) groups is 2. The van der Waals surface area contributed by atoms with Gasteiger partial charge < -0.3 is 19.3 Å². The van der Waals surface area contributed by atoms with Gasteiger partial charge in [0.15, 0.2) is 0 Å². The normalized spacial score (nSPS) is 10.9. The van der Waals surface area contributed by atoms with Crippen molar-refractivity contribution in [3.63, 3.8) is 0 Å². The molecule has 0 unspecified atom stereocenters. The molecule has 0 spiro atoms. The van der Waals surface area contributed by atoms with Gasteiger partial charge in [0.2, 0.25) is 5.78 Å². The molecule has 0 aliphatic heterocycles. The van der Waals surface area contributed by atoms with Crippen molar-refractivity contribution in [3.05, 3.63) is 0 Å². The van der Waals surface area contributed by atoms with Crippen molar-refractivity contribution in [1.29, 1.82) is 0 Å². The number of hydrogen-bond acceptors (Lipinski definition) is 6. The maximum absolute atomic E-state index is 12.0. The Morgan fingerprint density at radius 2 is 1.52 bits per heavy atom. The summed E-state index contributed by atoms with van der Waals surface area (Å²) in [6.07, 6.45) is -0.934. The fourth-order valence-corrected chi connectivity index (χ4v) is 1.33. The number of carbonyl (C=O) groups excluding carboxylic acids is 1. The number of carboxylic acids is 1. The van der Waals surface area contributed by atoms with E-state index in [-0.39, 0.29) is 6.61 Å². The summed E-state index contributed by atoms with van der Waals surface area (Å²) in [5.41, 5.74) is 0. The number of Topliss-reactive ketones (excluding diaryl/α,β-unsaturated/α-hetero) is 1. The molecule has 0 fully saturated rings. The maximum atomic E-state index is 12.0. The molecule has 0 aromatic carbocycles. The predicted molar refractivity (Wildman–Crippen MR) is 67.2 cm³/mol. The number of carboxylic acid groups (broad SMARTS) is 1. The Labute approximate surface area is 133 Å². The van der Waals surface area contributed by atoms with Gasteiger partial charge in [0.05, 0.1) is 12.2 Å². The van der Waals surface area contributed by atoms with Crippen LogP contribution in [0, 0.1) is 0 Å². The number of rotatable bonds is 9. The number of ketones is 1. The first-order valence-electron chi connectivity index (χ1n) is 6.39. The molecule has 0 atom stereocenters. The third kappa shape index (κ3) is 9.18. The van der Waals surface area contributed by atoms with E-state index < -0.39 is 49.3 Å². The van der Waals surface area contributed by atoms with Crippen LogP contribution in [0.5, 0.6) is 0 Å². The molecule has 0 aliphatic rings. The monoisotopic (exact) mass is 343 g/mol. The molecule has 0 heterocycles. The van der Waals surface area contributed by atoms with Gasteiger partial charge >= 0.3 is 38.3 Å². The zero-order valence-corrected chi connectivity index (χ0v) is 14.5. The van der Waals surface area contributed by atoms with Gasteiger partial charge in [0, 0.05) is 6.61 Å². The fourth-order valence-electron chi connectivity index (χ4n) is 1.33. The second-order valence-corrected chi connectivity index (χ2v) is 4.69. The van der Waals surface area contributed by atoms with Gasteiger partial charge in [0.1, 0.15) is 6.61 Å². The first-order chi connectivity index (χ1) is 9.67. The molecule has 0 saturated carbocycles. The molecule has 0 saturated heterocycles. The van der Waals surface area contributed by atoms with Crippen LogP contribution in [0.2, 0.25) is 0 Å². The molecule has 21 heavy (non-hydrogen) atoms. The minimum absolute atomic E-state index is 0.310. The average molecular weight is 343 g/mol.